The van der Waals surface area contributed by atoms with E-state index in [9.17, 15) is 28.7 Å². The number of phenols is 1. The van der Waals surface area contributed by atoms with Crippen LogP contribution in [0.15, 0.2) is 54.1 Å². The van der Waals surface area contributed by atoms with Gasteiger partial charge in [-0.2, -0.15) is 0 Å². The molecule has 6 rings (SSSR count). The van der Waals surface area contributed by atoms with Gasteiger partial charge in [0.1, 0.15) is 5.82 Å². The Morgan fingerprint density at radius 3 is 2.36 bits per heavy atom. The Morgan fingerprint density at radius 1 is 1.00 bits per heavy atom. The number of carbonyl (C=O) groups excluding carboxylic acids is 4. The maximum atomic E-state index is 14.2. The highest BCUT2D eigenvalue weighted by molar-refractivity contribution is 6.58. The Kier molecular flexibility index (Phi) is 5.65. The number of nitrogens with zero attached hydrogens (tertiary/aromatic N) is 2. The Morgan fingerprint density at radius 2 is 1.69 bits per heavy atom. The van der Waals surface area contributed by atoms with E-state index < -0.39 is 57.0 Å². The minimum Gasteiger partial charge on any atom is -0.504 e. The number of ether oxygens (including phenoxy) is 1. The number of benzene rings is 2. The van der Waals surface area contributed by atoms with Gasteiger partial charge in [0.25, 0.3) is 11.8 Å². The van der Waals surface area contributed by atoms with Gasteiger partial charge in [-0.3, -0.25) is 24.1 Å². The zero-order valence-electron chi connectivity index (χ0n) is 20.9. The van der Waals surface area contributed by atoms with Crippen LogP contribution in [0.2, 0.25) is 0 Å². The van der Waals surface area contributed by atoms with Gasteiger partial charge >= 0.3 is 0 Å². The van der Waals surface area contributed by atoms with Crippen molar-refractivity contribution in [3.63, 3.8) is 0 Å². The summed E-state index contributed by atoms with van der Waals surface area (Å²) in [4.78, 5) is 52.1. The second-order valence-corrected chi connectivity index (χ2v) is 11.6. The molecule has 2 aliphatic carbocycles. The van der Waals surface area contributed by atoms with Crippen molar-refractivity contribution in [2.45, 2.75) is 28.5 Å². The lowest BCUT2D eigenvalue weighted by Gasteiger charge is -2.50. The minimum atomic E-state index is -2.13. The molecule has 2 aromatic rings. The van der Waals surface area contributed by atoms with E-state index in [-0.39, 0.29) is 41.5 Å². The molecule has 0 bridgehead atoms. The highest BCUT2D eigenvalue weighted by atomic mass is 35.5. The number of likely N-dealkylation sites (tertiary alicyclic amines) is 1. The monoisotopic (exact) mass is 572 g/mol. The molecule has 0 aromatic heterocycles. The van der Waals surface area contributed by atoms with Gasteiger partial charge in [0.2, 0.25) is 11.8 Å². The van der Waals surface area contributed by atoms with Crippen LogP contribution in [0.4, 0.5) is 10.1 Å². The van der Waals surface area contributed by atoms with Crippen LogP contribution in [0.25, 0.3) is 0 Å². The fourth-order valence-corrected chi connectivity index (χ4v) is 7.77. The van der Waals surface area contributed by atoms with Gasteiger partial charge < -0.3 is 9.84 Å². The first-order chi connectivity index (χ1) is 18.5. The van der Waals surface area contributed by atoms with Gasteiger partial charge in [0.15, 0.2) is 21.2 Å². The molecule has 1 N–H and O–H groups in total. The van der Waals surface area contributed by atoms with E-state index in [1.54, 1.807) is 18.2 Å². The van der Waals surface area contributed by atoms with Gasteiger partial charge in [-0.1, -0.05) is 23.8 Å². The first-order valence-corrected chi connectivity index (χ1v) is 13.1. The Labute approximate surface area is 232 Å². The molecule has 4 aliphatic rings. The number of halogens is 3. The lowest BCUT2D eigenvalue weighted by molar-refractivity contribution is -0.138. The number of amides is 4. The van der Waals surface area contributed by atoms with Crippen molar-refractivity contribution < 1.29 is 33.4 Å². The van der Waals surface area contributed by atoms with E-state index in [2.05, 4.69) is 0 Å². The fourth-order valence-electron chi connectivity index (χ4n) is 6.84. The maximum Gasteiger partial charge on any atom is 0.258 e. The number of hydrogen-bond donors (Lipinski definition) is 1. The quantitative estimate of drug-likeness (QED) is 0.341. The lowest BCUT2D eigenvalue weighted by Crippen LogP contribution is -2.60. The van der Waals surface area contributed by atoms with Gasteiger partial charge in [-0.15, -0.1) is 23.2 Å². The van der Waals surface area contributed by atoms with E-state index in [1.165, 1.54) is 32.4 Å². The van der Waals surface area contributed by atoms with Crippen molar-refractivity contribution in [2.75, 3.05) is 19.1 Å². The third-order valence-corrected chi connectivity index (χ3v) is 10.1. The van der Waals surface area contributed by atoms with E-state index in [0.29, 0.717) is 5.57 Å². The SMILES string of the molecule is COc1cccc([C@H]2C3=CC[C@@H]4C(=O)N(C)C(=O)[C@@H]4[C@@H]3C[C@@]3(Cl)C(=O)N(c4ccc(F)cc4)C(=O)[C@@]23Cl)c1O. The second-order valence-electron chi connectivity index (χ2n) is 10.4. The van der Waals surface area contributed by atoms with E-state index in [4.69, 9.17) is 27.9 Å². The Balaban J connectivity index is 1.60. The van der Waals surface area contributed by atoms with Crippen LogP contribution in [-0.2, 0) is 19.2 Å². The van der Waals surface area contributed by atoms with Crippen LogP contribution in [0.3, 0.4) is 0 Å². The van der Waals surface area contributed by atoms with E-state index >= 15 is 0 Å². The number of aromatic hydroxyl groups is 1. The smallest absolute Gasteiger partial charge is 0.258 e. The lowest BCUT2D eigenvalue weighted by atomic mass is 9.56. The van der Waals surface area contributed by atoms with Crippen LogP contribution in [0.1, 0.15) is 24.3 Å². The number of para-hydroxylation sites is 1. The molecule has 6 atom stereocenters. The number of methoxy groups -OCH3 is 1. The van der Waals surface area contributed by atoms with Crippen molar-refractivity contribution in [2.24, 2.45) is 17.8 Å². The number of alkyl halides is 2. The third-order valence-electron chi connectivity index (χ3n) is 8.68. The zero-order valence-corrected chi connectivity index (χ0v) is 22.4. The van der Waals surface area contributed by atoms with Crippen LogP contribution < -0.4 is 9.64 Å². The number of carbonyl (C=O) groups is 4. The summed E-state index contributed by atoms with van der Waals surface area (Å²) >= 11 is 14.5. The van der Waals surface area contributed by atoms with Gasteiger partial charge in [-0.25, -0.2) is 9.29 Å². The summed E-state index contributed by atoms with van der Waals surface area (Å²) in [7, 11) is 2.79. The molecular formula is C28H23Cl2FN2O6. The van der Waals surface area contributed by atoms with Crippen molar-refractivity contribution in [3.05, 3.63) is 65.5 Å². The first kappa shape index (κ1) is 25.8. The standard InChI is InChI=1S/C28H23Cl2FN2O6/c1-32-23(35)16-11-10-15-18(20(16)24(32)36)12-27(29)25(37)33(14-8-6-13(31)7-9-14)26(38)28(27,30)21(15)17-4-3-5-19(39-2)22(17)34/h3-10,16,18,20-21,34H,11-12H2,1-2H3/t16-,18+,20-,21+,27+,28-/m0/s1. The van der Waals surface area contributed by atoms with Crippen LogP contribution in [0, 0.1) is 23.6 Å². The van der Waals surface area contributed by atoms with Crippen LogP contribution in [0.5, 0.6) is 11.5 Å². The number of phenolic OH excluding ortho intramolecular Hbond substituents is 1. The van der Waals surface area contributed by atoms with Gasteiger partial charge in [0, 0.05) is 18.5 Å². The number of hydrogen-bond acceptors (Lipinski definition) is 6. The topological polar surface area (TPSA) is 104 Å². The molecule has 2 heterocycles. The Bertz CT molecular complexity index is 1500. The van der Waals surface area contributed by atoms with Gasteiger partial charge in [0.05, 0.1) is 24.6 Å². The average Bonchev–Trinajstić information content (AvgIpc) is 3.23. The first-order valence-electron chi connectivity index (χ1n) is 12.4. The zero-order chi connectivity index (χ0) is 28.0. The summed E-state index contributed by atoms with van der Waals surface area (Å²) in [5.74, 6) is -6.44. The number of imide groups is 2. The largest absolute Gasteiger partial charge is 0.504 e. The molecule has 2 aliphatic heterocycles. The summed E-state index contributed by atoms with van der Waals surface area (Å²) < 4.78 is 19.0. The Hall–Kier alpha value is -3.43. The van der Waals surface area contributed by atoms with Crippen molar-refractivity contribution >= 4 is 52.5 Å². The normalized spacial score (nSPS) is 33.6. The molecule has 0 radical (unpaired) electrons. The third kappa shape index (κ3) is 3.17. The summed E-state index contributed by atoms with van der Waals surface area (Å²) in [5, 5.41) is 11.2. The molecule has 2 saturated heterocycles. The summed E-state index contributed by atoms with van der Waals surface area (Å²) in [6, 6.07) is 9.46. The number of rotatable bonds is 3. The number of fused-ring (bicyclic) bond motifs is 4. The molecule has 1 saturated carbocycles. The molecule has 0 spiro atoms. The molecule has 0 unspecified atom stereocenters. The molecular weight excluding hydrogens is 550 g/mol. The van der Waals surface area contributed by atoms with Crippen LogP contribution in [-0.4, -0.2) is 57.5 Å². The summed E-state index contributed by atoms with van der Waals surface area (Å²) in [6.07, 6.45) is 1.80. The van der Waals surface area contributed by atoms with Crippen molar-refractivity contribution in [3.8, 4) is 11.5 Å². The molecule has 3 fully saturated rings. The van der Waals surface area contributed by atoms with Crippen molar-refractivity contribution in [1.82, 2.24) is 4.90 Å². The predicted octanol–water partition coefficient (Wildman–Crippen LogP) is 3.73. The molecule has 2 aromatic carbocycles. The van der Waals surface area contributed by atoms with Gasteiger partial charge in [-0.05, 0) is 49.1 Å². The average molecular weight is 573 g/mol. The van der Waals surface area contributed by atoms with E-state index in [1.807, 2.05) is 0 Å². The summed E-state index contributed by atoms with van der Waals surface area (Å²) in [6.45, 7) is 0. The molecule has 202 valence electrons. The highest BCUT2D eigenvalue weighted by Gasteiger charge is 2.76. The van der Waals surface area contributed by atoms with Crippen molar-refractivity contribution in [1.29, 1.82) is 0 Å². The molecule has 4 amide bonds. The summed E-state index contributed by atoms with van der Waals surface area (Å²) in [5.41, 5.74) is 0.816. The van der Waals surface area contributed by atoms with Crippen LogP contribution >= 0.6 is 23.2 Å². The fraction of sp³-hybridized carbons (Fsp3) is 0.357. The minimum absolute atomic E-state index is 0.0798. The maximum absolute atomic E-state index is 14.2. The highest BCUT2D eigenvalue weighted by Crippen LogP contribution is 2.66. The number of anilines is 1. The predicted molar refractivity (Wildman–Crippen MR) is 139 cm³/mol. The van der Waals surface area contributed by atoms with E-state index in [0.717, 1.165) is 21.9 Å². The second kappa shape index (κ2) is 8.53. The molecule has 8 nitrogen and oxygen atoms in total. The number of allylic oxidation sites excluding steroid dienone is 2. The molecule has 39 heavy (non-hydrogen) atoms. The molecule has 11 heteroatoms.